The van der Waals surface area contributed by atoms with Crippen LogP contribution in [0.2, 0.25) is 0 Å². The molecule has 7 nitrogen and oxygen atoms in total. The number of nitrogens with one attached hydrogen (secondary N) is 1. The number of hydrogen-bond donors (Lipinski definition) is 2. The first kappa shape index (κ1) is 24.6. The molecule has 0 radical (unpaired) electrons. The molecular weight excluding hydrogens is 458 g/mol. The summed E-state index contributed by atoms with van der Waals surface area (Å²) in [5.74, 6) is 0.409. The lowest BCUT2D eigenvalue weighted by molar-refractivity contribution is -0.139. The first-order chi connectivity index (χ1) is 17.5. The van der Waals surface area contributed by atoms with E-state index in [-0.39, 0.29) is 6.42 Å². The number of benzene rings is 4. The summed E-state index contributed by atoms with van der Waals surface area (Å²) < 4.78 is 16.8. The summed E-state index contributed by atoms with van der Waals surface area (Å²) in [6.07, 6.45) is 0.203. The van der Waals surface area contributed by atoms with Crippen molar-refractivity contribution >= 4 is 22.6 Å². The lowest BCUT2D eigenvalue weighted by atomic mass is 10.0. The number of carboxylic acids is 1. The van der Waals surface area contributed by atoms with Crippen LogP contribution in [0.15, 0.2) is 84.9 Å². The number of carboxylic acid groups (broad SMARTS) is 1. The number of para-hydroxylation sites is 1. The monoisotopic (exact) mass is 485 g/mol. The summed E-state index contributed by atoms with van der Waals surface area (Å²) in [6.45, 7) is 0.296. The van der Waals surface area contributed by atoms with E-state index in [4.69, 9.17) is 14.2 Å². The molecule has 1 atom stereocenters. The molecule has 0 bridgehead atoms. The van der Waals surface area contributed by atoms with E-state index in [0.717, 1.165) is 21.9 Å². The lowest BCUT2D eigenvalue weighted by Gasteiger charge is -2.15. The van der Waals surface area contributed by atoms with Gasteiger partial charge in [-0.15, -0.1) is 0 Å². The van der Waals surface area contributed by atoms with E-state index >= 15 is 0 Å². The van der Waals surface area contributed by atoms with Gasteiger partial charge in [-0.3, -0.25) is 4.79 Å². The Morgan fingerprint density at radius 2 is 1.61 bits per heavy atom. The van der Waals surface area contributed by atoms with Crippen LogP contribution in [0.25, 0.3) is 10.8 Å². The molecule has 0 aliphatic heterocycles. The zero-order chi connectivity index (χ0) is 25.5. The molecule has 4 aromatic rings. The maximum absolute atomic E-state index is 12.8. The standard InChI is InChI=1S/C29H27NO6/c1-34-26-10-6-9-23(27(26)35-2)18-36-24-14-13-20-16-22(12-11-21(20)17-24)28(31)30-25(29(32)33)15-19-7-4-3-5-8-19/h3-14,16-17,25H,15,18H2,1-2H3,(H,30,31)(H,32,33). The van der Waals surface area contributed by atoms with Crippen molar-refractivity contribution in [3.63, 3.8) is 0 Å². The molecule has 0 saturated heterocycles. The maximum atomic E-state index is 12.8. The second kappa shape index (κ2) is 11.3. The second-order valence-electron chi connectivity index (χ2n) is 8.22. The molecule has 2 N–H and O–H groups in total. The first-order valence-corrected chi connectivity index (χ1v) is 11.4. The number of fused-ring (bicyclic) bond motifs is 1. The lowest BCUT2D eigenvalue weighted by Crippen LogP contribution is -2.42. The van der Waals surface area contributed by atoms with E-state index in [1.807, 2.05) is 72.8 Å². The average Bonchev–Trinajstić information content (AvgIpc) is 2.91. The van der Waals surface area contributed by atoms with Crippen LogP contribution in [0.3, 0.4) is 0 Å². The number of hydrogen-bond acceptors (Lipinski definition) is 5. The minimum atomic E-state index is -1.08. The number of amides is 1. The van der Waals surface area contributed by atoms with Gasteiger partial charge in [0.1, 0.15) is 18.4 Å². The van der Waals surface area contributed by atoms with Gasteiger partial charge in [-0.1, -0.05) is 54.6 Å². The van der Waals surface area contributed by atoms with Gasteiger partial charge in [0.2, 0.25) is 0 Å². The zero-order valence-corrected chi connectivity index (χ0v) is 20.1. The number of carbonyl (C=O) groups excluding carboxylic acids is 1. The highest BCUT2D eigenvalue weighted by Crippen LogP contribution is 2.32. The minimum absolute atomic E-state index is 0.203. The van der Waals surface area contributed by atoms with Gasteiger partial charge in [0.05, 0.1) is 14.2 Å². The molecule has 7 heteroatoms. The van der Waals surface area contributed by atoms with Crippen LogP contribution in [-0.4, -0.2) is 37.2 Å². The molecule has 0 heterocycles. The molecule has 4 rings (SSSR count). The van der Waals surface area contributed by atoms with Gasteiger partial charge < -0.3 is 24.6 Å². The normalized spacial score (nSPS) is 11.5. The van der Waals surface area contributed by atoms with Gasteiger partial charge >= 0.3 is 5.97 Å². The summed E-state index contributed by atoms with van der Waals surface area (Å²) in [4.78, 5) is 24.5. The van der Waals surface area contributed by atoms with Crippen LogP contribution in [0.5, 0.6) is 17.2 Å². The van der Waals surface area contributed by atoms with Gasteiger partial charge in [0.15, 0.2) is 11.5 Å². The van der Waals surface area contributed by atoms with Crippen LogP contribution in [0.1, 0.15) is 21.5 Å². The van der Waals surface area contributed by atoms with Gasteiger partial charge in [0, 0.05) is 17.5 Å². The number of methoxy groups -OCH3 is 2. The maximum Gasteiger partial charge on any atom is 0.326 e. The highest BCUT2D eigenvalue weighted by Gasteiger charge is 2.21. The van der Waals surface area contributed by atoms with E-state index in [1.165, 1.54) is 0 Å². The quantitative estimate of drug-likeness (QED) is 0.333. The Morgan fingerprint density at radius 1 is 0.861 bits per heavy atom. The number of aliphatic carboxylic acids is 1. The van der Waals surface area contributed by atoms with Crippen LogP contribution < -0.4 is 19.5 Å². The predicted octanol–water partition coefficient (Wildman–Crippen LogP) is 4.86. The second-order valence-corrected chi connectivity index (χ2v) is 8.22. The summed E-state index contributed by atoms with van der Waals surface area (Å²) >= 11 is 0. The third-order valence-electron chi connectivity index (χ3n) is 5.84. The van der Waals surface area contributed by atoms with Crippen LogP contribution in [0.4, 0.5) is 0 Å². The Morgan fingerprint density at radius 3 is 2.33 bits per heavy atom. The topological polar surface area (TPSA) is 94.1 Å². The van der Waals surface area contributed by atoms with Crippen molar-refractivity contribution in [3.05, 3.63) is 102 Å². The van der Waals surface area contributed by atoms with Crippen LogP contribution in [-0.2, 0) is 17.8 Å². The first-order valence-electron chi connectivity index (χ1n) is 11.4. The van der Waals surface area contributed by atoms with E-state index in [1.54, 1.807) is 26.4 Å². The van der Waals surface area contributed by atoms with Crippen molar-refractivity contribution in [1.82, 2.24) is 5.32 Å². The molecule has 0 fully saturated rings. The predicted molar refractivity (Wildman–Crippen MR) is 137 cm³/mol. The summed E-state index contributed by atoms with van der Waals surface area (Å²) in [6, 6.07) is 24.6. The smallest absolute Gasteiger partial charge is 0.326 e. The third kappa shape index (κ3) is 5.75. The highest BCUT2D eigenvalue weighted by molar-refractivity contribution is 6.00. The van der Waals surface area contributed by atoms with Crippen LogP contribution in [0, 0.1) is 0 Å². The minimum Gasteiger partial charge on any atom is -0.493 e. The number of carbonyl (C=O) groups is 2. The van der Waals surface area contributed by atoms with Gasteiger partial charge in [-0.25, -0.2) is 4.79 Å². The Kier molecular flexibility index (Phi) is 7.70. The van der Waals surface area contributed by atoms with Crippen LogP contribution >= 0.6 is 0 Å². The Bertz CT molecular complexity index is 1370. The third-order valence-corrected chi connectivity index (χ3v) is 5.84. The van der Waals surface area contributed by atoms with Gasteiger partial charge in [-0.05, 0) is 46.7 Å². The fraction of sp³-hybridized carbons (Fsp3) is 0.172. The zero-order valence-electron chi connectivity index (χ0n) is 20.1. The molecule has 0 aliphatic rings. The number of rotatable bonds is 10. The van der Waals surface area contributed by atoms with Crippen molar-refractivity contribution in [2.24, 2.45) is 0 Å². The summed E-state index contributed by atoms with van der Waals surface area (Å²) in [5, 5.41) is 13.9. The molecule has 0 aromatic heterocycles. The molecule has 0 spiro atoms. The van der Waals surface area contributed by atoms with Gasteiger partial charge in [-0.2, -0.15) is 0 Å². The highest BCUT2D eigenvalue weighted by atomic mass is 16.5. The van der Waals surface area contributed by atoms with Crippen molar-refractivity contribution in [3.8, 4) is 17.2 Å². The fourth-order valence-corrected chi connectivity index (χ4v) is 3.97. The fourth-order valence-electron chi connectivity index (χ4n) is 3.97. The van der Waals surface area contributed by atoms with E-state index < -0.39 is 17.9 Å². The van der Waals surface area contributed by atoms with Crippen molar-refractivity contribution in [1.29, 1.82) is 0 Å². The van der Waals surface area contributed by atoms with Gasteiger partial charge in [0.25, 0.3) is 5.91 Å². The Hall–Kier alpha value is -4.52. The molecule has 184 valence electrons. The van der Waals surface area contributed by atoms with E-state index in [0.29, 0.717) is 29.4 Å². The Labute approximate surface area is 209 Å². The van der Waals surface area contributed by atoms with Crippen molar-refractivity contribution in [2.45, 2.75) is 19.1 Å². The molecule has 1 unspecified atom stereocenters. The van der Waals surface area contributed by atoms with E-state index in [9.17, 15) is 14.7 Å². The summed E-state index contributed by atoms with van der Waals surface area (Å²) in [7, 11) is 3.18. The summed E-state index contributed by atoms with van der Waals surface area (Å²) in [5.41, 5.74) is 2.08. The molecule has 0 aliphatic carbocycles. The molecular formula is C29H27NO6. The molecule has 0 saturated carbocycles. The van der Waals surface area contributed by atoms with Crippen molar-refractivity contribution < 1.29 is 28.9 Å². The molecule has 4 aromatic carbocycles. The molecule has 1 amide bonds. The SMILES string of the molecule is COc1cccc(COc2ccc3cc(C(=O)NC(Cc4ccccc4)C(=O)O)ccc3c2)c1OC. The molecule has 36 heavy (non-hydrogen) atoms. The largest absolute Gasteiger partial charge is 0.493 e. The Balaban J connectivity index is 1.46. The number of ether oxygens (including phenoxy) is 3. The van der Waals surface area contributed by atoms with Crippen molar-refractivity contribution in [2.75, 3.05) is 14.2 Å². The van der Waals surface area contributed by atoms with E-state index in [2.05, 4.69) is 5.32 Å². The average molecular weight is 486 g/mol.